The zero-order valence-electron chi connectivity index (χ0n) is 27.0. The van der Waals surface area contributed by atoms with Gasteiger partial charge in [0, 0.05) is 47.6 Å². The largest absolute Gasteiger partial charge is 0.456 e. The first kappa shape index (κ1) is 28.8. The van der Waals surface area contributed by atoms with Crippen molar-refractivity contribution in [2.75, 3.05) is 0 Å². The van der Waals surface area contributed by atoms with Crippen LogP contribution in [0.5, 0.6) is 0 Å². The van der Waals surface area contributed by atoms with E-state index in [0.717, 1.165) is 62.6 Å². The maximum absolute atomic E-state index is 6.43. The van der Waals surface area contributed by atoms with Gasteiger partial charge in [-0.3, -0.25) is 0 Å². The van der Waals surface area contributed by atoms with E-state index in [4.69, 9.17) is 19.4 Å². The van der Waals surface area contributed by atoms with Crippen LogP contribution in [0.1, 0.15) is 18.7 Å². The summed E-state index contributed by atoms with van der Waals surface area (Å²) in [5.41, 5.74) is 9.24. The Morgan fingerprint density at radius 3 is 2.06 bits per heavy atom. The minimum absolute atomic E-state index is 0.632. The van der Waals surface area contributed by atoms with E-state index in [-0.39, 0.29) is 0 Å². The minimum atomic E-state index is 0.632. The normalized spacial score (nSPS) is 13.1. The molecule has 0 fully saturated rings. The van der Waals surface area contributed by atoms with Crippen LogP contribution in [0.4, 0.5) is 0 Å². The molecule has 1 aliphatic carbocycles. The number of hydrogen-bond donors (Lipinski definition) is 0. The van der Waals surface area contributed by atoms with E-state index >= 15 is 0 Å². The number of hydrogen-bond acceptors (Lipinski definition) is 5. The topological polar surface area (TPSA) is 51.8 Å². The van der Waals surface area contributed by atoms with Crippen molar-refractivity contribution in [1.29, 1.82) is 0 Å². The molecule has 4 nitrogen and oxygen atoms in total. The first-order valence-corrected chi connectivity index (χ1v) is 17.7. The van der Waals surface area contributed by atoms with E-state index in [1.165, 1.54) is 31.3 Å². The van der Waals surface area contributed by atoms with Crippen molar-refractivity contribution >= 4 is 59.0 Å². The van der Waals surface area contributed by atoms with Crippen LogP contribution in [-0.4, -0.2) is 15.0 Å². The fourth-order valence-corrected chi connectivity index (χ4v) is 8.22. The molecule has 0 aliphatic heterocycles. The SMILES string of the molecule is C1=CC(c2nc(-c3ccc4c(c3)sc3ccccc34)nc(-c3cccc4oc5ccc(-c6ccc(-c7ccccc7)cc6)cc5c34)n2)=CCC1. The lowest BCUT2D eigenvalue weighted by molar-refractivity contribution is 0.669. The van der Waals surface area contributed by atoms with Gasteiger partial charge in [0.15, 0.2) is 17.5 Å². The quantitative estimate of drug-likeness (QED) is 0.184. The van der Waals surface area contributed by atoms with Crippen LogP contribution in [0.3, 0.4) is 0 Å². The Morgan fingerprint density at radius 2 is 1.20 bits per heavy atom. The summed E-state index contributed by atoms with van der Waals surface area (Å²) in [6.45, 7) is 0. The molecular formula is C45H29N3OS. The lowest BCUT2D eigenvalue weighted by atomic mass is 9.98. The number of nitrogens with zero attached hydrogens (tertiary/aromatic N) is 3. The van der Waals surface area contributed by atoms with Crippen molar-refractivity contribution in [1.82, 2.24) is 15.0 Å². The van der Waals surface area contributed by atoms with Crippen molar-refractivity contribution in [3.05, 3.63) is 158 Å². The number of benzene rings is 6. The average molecular weight is 660 g/mol. The van der Waals surface area contributed by atoms with Crippen molar-refractivity contribution < 1.29 is 4.42 Å². The fourth-order valence-electron chi connectivity index (χ4n) is 7.08. The van der Waals surface area contributed by atoms with E-state index in [0.29, 0.717) is 17.5 Å². The predicted molar refractivity (Wildman–Crippen MR) is 208 cm³/mol. The van der Waals surface area contributed by atoms with Gasteiger partial charge in [-0.2, -0.15) is 0 Å². The van der Waals surface area contributed by atoms with Gasteiger partial charge in [-0.15, -0.1) is 11.3 Å². The molecule has 50 heavy (non-hydrogen) atoms. The van der Waals surface area contributed by atoms with Gasteiger partial charge in [-0.05, 0) is 65.4 Å². The van der Waals surface area contributed by atoms with Gasteiger partial charge < -0.3 is 4.42 Å². The van der Waals surface area contributed by atoms with E-state index in [1.807, 2.05) is 18.2 Å². The summed E-state index contributed by atoms with van der Waals surface area (Å²) in [6, 6.07) is 46.9. The first-order chi connectivity index (χ1) is 24.7. The summed E-state index contributed by atoms with van der Waals surface area (Å²) in [6.07, 6.45) is 8.54. The van der Waals surface area contributed by atoms with Crippen LogP contribution < -0.4 is 0 Å². The molecule has 3 heterocycles. The molecule has 6 aromatic carbocycles. The van der Waals surface area contributed by atoms with Gasteiger partial charge in [0.25, 0.3) is 0 Å². The molecule has 5 heteroatoms. The molecule has 0 saturated carbocycles. The molecule has 0 radical (unpaired) electrons. The summed E-state index contributed by atoms with van der Waals surface area (Å²) in [5.74, 6) is 1.97. The summed E-state index contributed by atoms with van der Waals surface area (Å²) >= 11 is 1.80. The molecule has 0 unspecified atom stereocenters. The predicted octanol–water partition coefficient (Wildman–Crippen LogP) is 12.5. The van der Waals surface area contributed by atoms with Crippen LogP contribution in [0.25, 0.3) is 92.7 Å². The summed E-state index contributed by atoms with van der Waals surface area (Å²) in [4.78, 5) is 15.4. The minimum Gasteiger partial charge on any atom is -0.456 e. The lowest BCUT2D eigenvalue weighted by Crippen LogP contribution is -2.03. The maximum atomic E-state index is 6.43. The summed E-state index contributed by atoms with van der Waals surface area (Å²) in [5, 5.41) is 4.56. The van der Waals surface area contributed by atoms with Gasteiger partial charge in [0.05, 0.1) is 0 Å². The van der Waals surface area contributed by atoms with Crippen molar-refractivity contribution in [2.24, 2.45) is 0 Å². The number of thiophene rings is 1. The molecule has 0 bridgehead atoms. The lowest BCUT2D eigenvalue weighted by Gasteiger charge is -2.11. The molecule has 10 rings (SSSR count). The molecule has 0 amide bonds. The van der Waals surface area contributed by atoms with Crippen LogP contribution in [0, 0.1) is 0 Å². The zero-order valence-corrected chi connectivity index (χ0v) is 27.8. The second-order valence-electron chi connectivity index (χ2n) is 12.7. The van der Waals surface area contributed by atoms with Crippen LogP contribution >= 0.6 is 11.3 Å². The van der Waals surface area contributed by atoms with Crippen LogP contribution in [-0.2, 0) is 0 Å². The molecule has 1 aliphatic rings. The highest BCUT2D eigenvalue weighted by Crippen LogP contribution is 2.40. The molecule has 9 aromatic rings. The Labute approximate surface area is 292 Å². The second kappa shape index (κ2) is 11.8. The number of fused-ring (bicyclic) bond motifs is 6. The molecule has 0 saturated heterocycles. The van der Waals surface area contributed by atoms with Crippen molar-refractivity contribution in [3.63, 3.8) is 0 Å². The Bertz CT molecular complexity index is 2810. The van der Waals surface area contributed by atoms with Gasteiger partial charge in [0.1, 0.15) is 11.2 Å². The Hall–Kier alpha value is -6.17. The molecular weight excluding hydrogens is 631 g/mol. The Kier molecular flexibility index (Phi) is 6.78. The second-order valence-corrected chi connectivity index (χ2v) is 13.8. The monoisotopic (exact) mass is 659 g/mol. The number of furan rings is 1. The maximum Gasteiger partial charge on any atom is 0.164 e. The van der Waals surface area contributed by atoms with Crippen LogP contribution in [0.15, 0.2) is 156 Å². The third kappa shape index (κ3) is 4.94. The van der Waals surface area contributed by atoms with Crippen molar-refractivity contribution in [3.8, 4) is 45.0 Å². The summed E-state index contributed by atoms with van der Waals surface area (Å²) in [7, 11) is 0. The molecule has 236 valence electrons. The third-order valence-electron chi connectivity index (χ3n) is 9.59. The van der Waals surface area contributed by atoms with E-state index in [1.54, 1.807) is 11.3 Å². The van der Waals surface area contributed by atoms with E-state index in [2.05, 4.69) is 133 Å². The van der Waals surface area contributed by atoms with Gasteiger partial charge in [-0.1, -0.05) is 121 Å². The smallest absolute Gasteiger partial charge is 0.164 e. The number of allylic oxidation sites excluding steroid dienone is 4. The average Bonchev–Trinajstić information content (AvgIpc) is 3.76. The highest BCUT2D eigenvalue weighted by molar-refractivity contribution is 7.25. The van der Waals surface area contributed by atoms with Crippen LogP contribution in [0.2, 0.25) is 0 Å². The zero-order chi connectivity index (χ0) is 33.0. The van der Waals surface area contributed by atoms with E-state index < -0.39 is 0 Å². The highest BCUT2D eigenvalue weighted by Gasteiger charge is 2.19. The molecule has 0 spiro atoms. The number of aromatic nitrogens is 3. The van der Waals surface area contributed by atoms with Gasteiger partial charge in [-0.25, -0.2) is 15.0 Å². The van der Waals surface area contributed by atoms with Gasteiger partial charge >= 0.3 is 0 Å². The number of rotatable bonds is 5. The van der Waals surface area contributed by atoms with Gasteiger partial charge in [0.2, 0.25) is 0 Å². The van der Waals surface area contributed by atoms with Crippen molar-refractivity contribution in [2.45, 2.75) is 12.8 Å². The summed E-state index contributed by atoms with van der Waals surface area (Å²) < 4.78 is 8.92. The first-order valence-electron chi connectivity index (χ1n) is 16.9. The Morgan fingerprint density at radius 1 is 0.480 bits per heavy atom. The molecule has 3 aromatic heterocycles. The molecule has 0 atom stereocenters. The highest BCUT2D eigenvalue weighted by atomic mass is 32.1. The van der Waals surface area contributed by atoms with E-state index in [9.17, 15) is 0 Å². The fraction of sp³-hybridized carbons (Fsp3) is 0.0444. The molecule has 0 N–H and O–H groups in total. The Balaban J connectivity index is 1.13. The standard InChI is InChI=1S/C45H29N3OS/c1-3-10-28(11-4-1)29-18-20-30(21-19-29)32-23-25-38-37(26-32)42-36(15-9-16-39(42)49-38)45-47-43(31-12-5-2-6-13-31)46-44(48-45)33-22-24-35-34-14-7-8-17-40(34)50-41(35)27-33/h1,3-5,7-27H,2,6H2. The third-order valence-corrected chi connectivity index (χ3v) is 10.7.